The molecule has 4 aromatic rings. The molecule has 0 unspecified atom stereocenters. The number of nitrogens with one attached hydrogen (secondary N) is 1. The SMILES string of the molecule is Cc1cc([C@H]2[C@H](c3ccccn3)NC(=S)N2c2ccc(C(C)C)cc2)c(C)n1-c1ccccn1. The molecule has 5 nitrogen and oxygen atoms in total. The molecule has 2 atom stereocenters. The second-order valence-corrected chi connectivity index (χ2v) is 9.48. The van der Waals surface area contributed by atoms with E-state index in [1.165, 1.54) is 11.1 Å². The van der Waals surface area contributed by atoms with Crippen LogP contribution in [0.15, 0.2) is 79.1 Å². The fourth-order valence-corrected chi connectivity index (χ4v) is 5.24. The maximum Gasteiger partial charge on any atom is 0.174 e. The van der Waals surface area contributed by atoms with E-state index < -0.39 is 0 Å². The van der Waals surface area contributed by atoms with Crippen molar-refractivity contribution in [1.29, 1.82) is 0 Å². The Labute approximate surface area is 206 Å². The third-order valence-corrected chi connectivity index (χ3v) is 6.92. The summed E-state index contributed by atoms with van der Waals surface area (Å²) in [6, 6.07) is 22.9. The maximum absolute atomic E-state index is 5.91. The normalized spacial score (nSPS) is 17.9. The van der Waals surface area contributed by atoms with Gasteiger partial charge in [-0.25, -0.2) is 4.98 Å². The van der Waals surface area contributed by atoms with Gasteiger partial charge in [0.15, 0.2) is 5.11 Å². The smallest absolute Gasteiger partial charge is 0.174 e. The van der Waals surface area contributed by atoms with E-state index in [-0.39, 0.29) is 12.1 Å². The van der Waals surface area contributed by atoms with Gasteiger partial charge in [0.05, 0.1) is 17.8 Å². The molecule has 1 saturated heterocycles. The number of rotatable bonds is 5. The molecule has 3 aromatic heterocycles. The van der Waals surface area contributed by atoms with E-state index in [9.17, 15) is 0 Å². The Morgan fingerprint density at radius 2 is 1.62 bits per heavy atom. The number of benzene rings is 1. The van der Waals surface area contributed by atoms with Gasteiger partial charge in [-0.1, -0.05) is 38.1 Å². The second kappa shape index (κ2) is 9.03. The van der Waals surface area contributed by atoms with Crippen LogP contribution < -0.4 is 10.2 Å². The number of thiocarbonyl (C=S) groups is 1. The number of aromatic nitrogens is 3. The highest BCUT2D eigenvalue weighted by molar-refractivity contribution is 7.80. The van der Waals surface area contributed by atoms with Gasteiger partial charge in [-0.15, -0.1) is 0 Å². The van der Waals surface area contributed by atoms with E-state index in [4.69, 9.17) is 12.2 Å². The summed E-state index contributed by atoms with van der Waals surface area (Å²) in [6.45, 7) is 8.71. The molecule has 1 N–H and O–H groups in total. The van der Waals surface area contributed by atoms with Crippen LogP contribution in [0.5, 0.6) is 0 Å². The predicted octanol–water partition coefficient (Wildman–Crippen LogP) is 6.18. The summed E-state index contributed by atoms with van der Waals surface area (Å²) in [5.41, 5.74) is 6.86. The zero-order chi connectivity index (χ0) is 23.8. The summed E-state index contributed by atoms with van der Waals surface area (Å²) in [5, 5.41) is 4.28. The van der Waals surface area contributed by atoms with Crippen LogP contribution in [0.2, 0.25) is 0 Å². The van der Waals surface area contributed by atoms with E-state index in [1.807, 2.05) is 42.7 Å². The summed E-state index contributed by atoms with van der Waals surface area (Å²) >= 11 is 5.91. The third-order valence-electron chi connectivity index (χ3n) is 6.60. The monoisotopic (exact) mass is 467 g/mol. The van der Waals surface area contributed by atoms with Crippen LogP contribution in [-0.2, 0) is 0 Å². The molecule has 0 amide bonds. The van der Waals surface area contributed by atoms with Gasteiger partial charge >= 0.3 is 0 Å². The van der Waals surface area contributed by atoms with Gasteiger partial charge in [-0.05, 0) is 85.6 Å². The Hall–Kier alpha value is -3.51. The Balaban J connectivity index is 1.65. The van der Waals surface area contributed by atoms with Crippen molar-refractivity contribution in [3.63, 3.8) is 0 Å². The van der Waals surface area contributed by atoms with Crippen LogP contribution >= 0.6 is 12.2 Å². The Morgan fingerprint density at radius 1 is 0.912 bits per heavy atom. The van der Waals surface area contributed by atoms with E-state index in [0.29, 0.717) is 11.0 Å². The first-order chi connectivity index (χ1) is 16.5. The molecule has 0 saturated carbocycles. The minimum atomic E-state index is -0.0730. The highest BCUT2D eigenvalue weighted by atomic mass is 32.1. The Bertz CT molecular complexity index is 1300. The van der Waals surface area contributed by atoms with Crippen LogP contribution in [0.1, 0.15) is 60.1 Å². The average Bonchev–Trinajstić information content (AvgIpc) is 3.35. The molecular formula is C28H29N5S. The quantitative estimate of drug-likeness (QED) is 0.355. The van der Waals surface area contributed by atoms with Crippen molar-refractivity contribution < 1.29 is 0 Å². The number of nitrogens with zero attached hydrogens (tertiary/aromatic N) is 4. The number of aryl methyl sites for hydroxylation is 1. The lowest BCUT2D eigenvalue weighted by atomic mass is 9.96. The number of pyridine rings is 2. The fourth-order valence-electron chi connectivity index (χ4n) is 4.89. The summed E-state index contributed by atoms with van der Waals surface area (Å²) in [7, 11) is 0. The first-order valence-electron chi connectivity index (χ1n) is 11.7. The molecule has 5 rings (SSSR count). The molecule has 34 heavy (non-hydrogen) atoms. The topological polar surface area (TPSA) is 46.0 Å². The number of hydrogen-bond donors (Lipinski definition) is 1. The second-order valence-electron chi connectivity index (χ2n) is 9.09. The van der Waals surface area contributed by atoms with Gasteiger partial charge in [0.25, 0.3) is 0 Å². The lowest BCUT2D eigenvalue weighted by Crippen LogP contribution is -2.29. The van der Waals surface area contributed by atoms with E-state index in [2.05, 4.69) is 88.8 Å². The molecule has 0 aliphatic carbocycles. The lowest BCUT2D eigenvalue weighted by Gasteiger charge is -2.28. The van der Waals surface area contributed by atoms with Crippen LogP contribution in [0.4, 0.5) is 5.69 Å². The van der Waals surface area contributed by atoms with Crippen molar-refractivity contribution in [3.05, 3.63) is 107 Å². The van der Waals surface area contributed by atoms with Crippen molar-refractivity contribution >= 4 is 23.0 Å². The van der Waals surface area contributed by atoms with Gasteiger partial charge in [0.2, 0.25) is 0 Å². The average molecular weight is 468 g/mol. The Morgan fingerprint density at radius 3 is 2.24 bits per heavy atom. The largest absolute Gasteiger partial charge is 0.351 e. The van der Waals surface area contributed by atoms with E-state index >= 15 is 0 Å². The molecule has 1 aromatic carbocycles. The maximum atomic E-state index is 5.91. The summed E-state index contributed by atoms with van der Waals surface area (Å²) in [4.78, 5) is 11.5. The third kappa shape index (κ3) is 3.88. The molecule has 1 aliphatic rings. The molecule has 4 heterocycles. The number of hydrogen-bond acceptors (Lipinski definition) is 3. The minimum absolute atomic E-state index is 0.0454. The van der Waals surface area contributed by atoms with Gasteiger partial charge in [-0.2, -0.15) is 0 Å². The molecule has 0 radical (unpaired) electrons. The predicted molar refractivity (Wildman–Crippen MR) is 142 cm³/mol. The molecule has 1 fully saturated rings. The minimum Gasteiger partial charge on any atom is -0.351 e. The molecule has 0 bridgehead atoms. The van der Waals surface area contributed by atoms with Gasteiger partial charge in [0.1, 0.15) is 5.82 Å². The van der Waals surface area contributed by atoms with Crippen molar-refractivity contribution in [2.45, 2.75) is 45.7 Å². The first-order valence-corrected chi connectivity index (χ1v) is 12.1. The van der Waals surface area contributed by atoms with E-state index in [0.717, 1.165) is 28.6 Å². The highest BCUT2D eigenvalue weighted by Crippen LogP contribution is 2.43. The first kappa shape index (κ1) is 22.3. The molecule has 6 heteroatoms. The zero-order valence-electron chi connectivity index (χ0n) is 19.9. The molecule has 1 aliphatic heterocycles. The van der Waals surface area contributed by atoms with Crippen molar-refractivity contribution in [2.24, 2.45) is 0 Å². The van der Waals surface area contributed by atoms with Crippen LogP contribution in [0.25, 0.3) is 5.82 Å². The van der Waals surface area contributed by atoms with Crippen LogP contribution in [-0.4, -0.2) is 19.6 Å². The van der Waals surface area contributed by atoms with Crippen LogP contribution in [0.3, 0.4) is 0 Å². The van der Waals surface area contributed by atoms with E-state index in [1.54, 1.807) is 0 Å². The van der Waals surface area contributed by atoms with Gasteiger partial charge in [0, 0.05) is 29.5 Å². The molecular weight excluding hydrogens is 438 g/mol. The summed E-state index contributed by atoms with van der Waals surface area (Å²) in [5.74, 6) is 1.39. The van der Waals surface area contributed by atoms with Crippen molar-refractivity contribution in [3.8, 4) is 5.82 Å². The van der Waals surface area contributed by atoms with Crippen molar-refractivity contribution in [2.75, 3.05) is 4.90 Å². The summed E-state index contributed by atoms with van der Waals surface area (Å²) in [6.07, 6.45) is 3.67. The van der Waals surface area contributed by atoms with Crippen LogP contribution in [0, 0.1) is 13.8 Å². The van der Waals surface area contributed by atoms with Gasteiger partial charge < -0.3 is 14.8 Å². The fraction of sp³-hybridized carbons (Fsp3) is 0.250. The number of anilines is 1. The van der Waals surface area contributed by atoms with Gasteiger partial charge in [-0.3, -0.25) is 4.98 Å². The Kier molecular flexibility index (Phi) is 5.92. The highest BCUT2D eigenvalue weighted by Gasteiger charge is 2.42. The lowest BCUT2D eigenvalue weighted by molar-refractivity contribution is 0.565. The molecule has 0 spiro atoms. The molecule has 172 valence electrons. The van der Waals surface area contributed by atoms with Crippen molar-refractivity contribution in [1.82, 2.24) is 19.9 Å². The summed E-state index contributed by atoms with van der Waals surface area (Å²) < 4.78 is 2.21. The standard InChI is InChI=1S/C28H29N5S/c1-18(2)21-11-13-22(14-12-21)33-27(26(31-28(33)34)24-9-5-7-15-29-24)23-17-19(3)32(20(23)4)25-10-6-8-16-30-25/h5-18,26-27H,1-4H3,(H,31,34)/t26-,27-/m0/s1. The zero-order valence-corrected chi connectivity index (χ0v) is 20.8.